The van der Waals surface area contributed by atoms with Gasteiger partial charge in [-0.15, -0.1) is 0 Å². The molecule has 2 atom stereocenters. The Morgan fingerprint density at radius 2 is 1.90 bits per heavy atom. The molecule has 6 heteroatoms. The summed E-state index contributed by atoms with van der Waals surface area (Å²) >= 11 is 0. The molecule has 1 aromatic carbocycles. The Bertz CT molecular complexity index is 713. The minimum Gasteiger partial charge on any atom is -0.469 e. The largest absolute Gasteiger partial charge is 0.469 e. The Balaban J connectivity index is 2.00. The average Bonchev–Trinajstić information content (AvgIpc) is 2.73. The van der Waals surface area contributed by atoms with Crippen LogP contribution in [0.25, 0.3) is 0 Å². The van der Waals surface area contributed by atoms with E-state index in [9.17, 15) is 9.59 Å². The molecule has 0 bridgehead atoms. The highest BCUT2D eigenvalue weighted by Gasteiger charge is 2.35. The monoisotopic (exact) mass is 432 g/mol. The topological polar surface area (TPSA) is 67.9 Å². The zero-order valence-electron chi connectivity index (χ0n) is 19.9. The number of carbonyl (C=O) groups is 2. The lowest BCUT2D eigenvalue weighted by Crippen LogP contribution is -2.41. The molecule has 1 aromatic rings. The number of rotatable bonds is 10. The molecule has 0 aliphatic heterocycles. The molecular formula is C25H40N2O4. The third-order valence-electron chi connectivity index (χ3n) is 6.55. The molecule has 1 N–H and O–H groups in total. The van der Waals surface area contributed by atoms with Crippen LogP contribution in [0.1, 0.15) is 70.3 Å². The van der Waals surface area contributed by atoms with E-state index in [2.05, 4.69) is 44.2 Å². The third-order valence-corrected chi connectivity index (χ3v) is 6.55. The normalized spacial score (nSPS) is 17.6. The molecule has 174 valence electrons. The van der Waals surface area contributed by atoms with Crippen LogP contribution in [-0.4, -0.2) is 51.3 Å². The number of nitrogens with one attached hydrogen (secondary N) is 1. The van der Waals surface area contributed by atoms with Crippen molar-refractivity contribution < 1.29 is 19.1 Å². The van der Waals surface area contributed by atoms with Gasteiger partial charge in [0.25, 0.3) is 0 Å². The van der Waals surface area contributed by atoms with Crippen molar-refractivity contribution in [2.45, 2.75) is 64.7 Å². The van der Waals surface area contributed by atoms with E-state index in [1.807, 2.05) is 18.2 Å². The Kier molecular flexibility index (Phi) is 9.82. The Hall–Kier alpha value is -2.08. The summed E-state index contributed by atoms with van der Waals surface area (Å²) in [6.07, 6.45) is 6.03. The smallest absolute Gasteiger partial charge is 0.412 e. The zero-order valence-corrected chi connectivity index (χ0v) is 19.9. The number of amides is 1. The second-order valence-corrected chi connectivity index (χ2v) is 9.38. The minimum absolute atomic E-state index is 0.220. The highest BCUT2D eigenvalue weighted by atomic mass is 16.6. The van der Waals surface area contributed by atoms with E-state index in [0.29, 0.717) is 30.6 Å². The van der Waals surface area contributed by atoms with Crippen LogP contribution in [0, 0.1) is 11.3 Å². The van der Waals surface area contributed by atoms with Gasteiger partial charge in [-0.05, 0) is 68.3 Å². The molecule has 1 aliphatic carbocycles. The average molecular weight is 433 g/mol. The Morgan fingerprint density at radius 1 is 1.19 bits per heavy atom. The SMILES string of the molecule is CCC(c1cccc(OC(=O)NCC2(CC(=O)OC)CCCCC2)c1)C(C)CN(C)C. The molecular weight excluding hydrogens is 392 g/mol. The van der Waals surface area contributed by atoms with E-state index in [0.717, 1.165) is 38.6 Å². The van der Waals surface area contributed by atoms with Crippen molar-refractivity contribution in [2.24, 2.45) is 11.3 Å². The summed E-state index contributed by atoms with van der Waals surface area (Å²) in [7, 11) is 5.59. The molecule has 0 radical (unpaired) electrons. The van der Waals surface area contributed by atoms with Gasteiger partial charge in [-0.2, -0.15) is 0 Å². The predicted molar refractivity (Wildman–Crippen MR) is 123 cm³/mol. The number of hydrogen-bond donors (Lipinski definition) is 1. The van der Waals surface area contributed by atoms with Crippen molar-refractivity contribution in [2.75, 3.05) is 34.3 Å². The molecule has 1 amide bonds. The van der Waals surface area contributed by atoms with Gasteiger partial charge in [0.2, 0.25) is 0 Å². The molecule has 0 spiro atoms. The van der Waals surface area contributed by atoms with Gasteiger partial charge < -0.3 is 19.7 Å². The van der Waals surface area contributed by atoms with Crippen LogP contribution < -0.4 is 10.1 Å². The van der Waals surface area contributed by atoms with Crippen LogP contribution in [0.4, 0.5) is 4.79 Å². The molecule has 6 nitrogen and oxygen atoms in total. The Labute approximate surface area is 187 Å². The van der Waals surface area contributed by atoms with Gasteiger partial charge in [0.05, 0.1) is 13.5 Å². The van der Waals surface area contributed by atoms with Gasteiger partial charge in [-0.3, -0.25) is 4.79 Å². The van der Waals surface area contributed by atoms with Gasteiger partial charge in [0, 0.05) is 13.1 Å². The van der Waals surface area contributed by atoms with E-state index in [1.54, 1.807) is 0 Å². The standard InChI is InChI=1S/C25H40N2O4/c1-6-22(19(2)17-27(3)4)20-11-10-12-21(15-20)31-24(29)26-18-25(16-23(28)30-5)13-8-7-9-14-25/h10-12,15,19,22H,6-9,13-14,16-18H2,1-5H3,(H,26,29). The first kappa shape index (κ1) is 25.2. The van der Waals surface area contributed by atoms with Crippen LogP contribution in [0.3, 0.4) is 0 Å². The lowest BCUT2D eigenvalue weighted by Gasteiger charge is -2.36. The second kappa shape index (κ2) is 12.1. The second-order valence-electron chi connectivity index (χ2n) is 9.38. The summed E-state index contributed by atoms with van der Waals surface area (Å²) in [5.41, 5.74) is 0.956. The molecule has 31 heavy (non-hydrogen) atoms. The van der Waals surface area contributed by atoms with Crippen molar-refractivity contribution in [3.63, 3.8) is 0 Å². The van der Waals surface area contributed by atoms with E-state index in [4.69, 9.17) is 9.47 Å². The number of hydrogen-bond acceptors (Lipinski definition) is 5. The quantitative estimate of drug-likeness (QED) is 0.528. The number of methoxy groups -OCH3 is 1. The molecule has 1 fully saturated rings. The number of carbonyl (C=O) groups excluding carboxylic acids is 2. The summed E-state index contributed by atoms with van der Waals surface area (Å²) in [6, 6.07) is 7.85. The molecule has 1 aliphatic rings. The summed E-state index contributed by atoms with van der Waals surface area (Å²) < 4.78 is 10.5. The van der Waals surface area contributed by atoms with Crippen LogP contribution in [0.5, 0.6) is 5.75 Å². The van der Waals surface area contributed by atoms with Gasteiger partial charge in [-0.25, -0.2) is 4.79 Å². The number of esters is 1. The first-order valence-electron chi connectivity index (χ1n) is 11.6. The first-order chi connectivity index (χ1) is 14.8. The van der Waals surface area contributed by atoms with Crippen molar-refractivity contribution in [1.82, 2.24) is 10.2 Å². The highest BCUT2D eigenvalue weighted by molar-refractivity contribution is 5.72. The minimum atomic E-state index is -0.471. The van der Waals surface area contributed by atoms with Crippen molar-refractivity contribution in [1.29, 1.82) is 0 Å². The van der Waals surface area contributed by atoms with Crippen LogP contribution in [0.2, 0.25) is 0 Å². The van der Waals surface area contributed by atoms with Crippen molar-refractivity contribution >= 4 is 12.1 Å². The van der Waals surface area contributed by atoms with Crippen LogP contribution in [-0.2, 0) is 9.53 Å². The zero-order chi connectivity index (χ0) is 22.9. The predicted octanol–water partition coefficient (Wildman–Crippen LogP) is 4.98. The fourth-order valence-electron chi connectivity index (χ4n) is 4.98. The van der Waals surface area contributed by atoms with Crippen LogP contribution >= 0.6 is 0 Å². The van der Waals surface area contributed by atoms with Gasteiger partial charge in [0.1, 0.15) is 5.75 Å². The fourth-order valence-corrected chi connectivity index (χ4v) is 4.98. The van der Waals surface area contributed by atoms with Crippen LogP contribution in [0.15, 0.2) is 24.3 Å². The van der Waals surface area contributed by atoms with E-state index < -0.39 is 6.09 Å². The molecule has 0 saturated heterocycles. The van der Waals surface area contributed by atoms with Gasteiger partial charge in [0.15, 0.2) is 0 Å². The number of ether oxygens (including phenoxy) is 2. The van der Waals surface area contributed by atoms with Gasteiger partial charge in [-0.1, -0.05) is 45.2 Å². The fraction of sp³-hybridized carbons (Fsp3) is 0.680. The summed E-state index contributed by atoms with van der Waals surface area (Å²) in [4.78, 5) is 26.6. The van der Waals surface area contributed by atoms with E-state index in [1.165, 1.54) is 19.1 Å². The lowest BCUT2D eigenvalue weighted by molar-refractivity contribution is -0.144. The molecule has 2 unspecified atom stereocenters. The maximum Gasteiger partial charge on any atom is 0.412 e. The van der Waals surface area contributed by atoms with E-state index >= 15 is 0 Å². The lowest BCUT2D eigenvalue weighted by atomic mass is 9.72. The number of nitrogens with zero attached hydrogens (tertiary/aromatic N) is 1. The maximum atomic E-state index is 12.5. The third kappa shape index (κ3) is 7.84. The Morgan fingerprint density at radius 3 is 2.52 bits per heavy atom. The first-order valence-corrected chi connectivity index (χ1v) is 11.6. The summed E-state index contributed by atoms with van der Waals surface area (Å²) in [6.45, 7) is 5.89. The van der Waals surface area contributed by atoms with Crippen molar-refractivity contribution in [3.8, 4) is 5.75 Å². The summed E-state index contributed by atoms with van der Waals surface area (Å²) in [5, 5.41) is 2.91. The van der Waals surface area contributed by atoms with Crippen molar-refractivity contribution in [3.05, 3.63) is 29.8 Å². The summed E-state index contributed by atoms with van der Waals surface area (Å²) in [5.74, 6) is 1.23. The number of benzene rings is 1. The maximum absolute atomic E-state index is 12.5. The molecule has 1 saturated carbocycles. The molecule has 2 rings (SSSR count). The highest BCUT2D eigenvalue weighted by Crippen LogP contribution is 2.39. The van der Waals surface area contributed by atoms with E-state index in [-0.39, 0.29) is 11.4 Å². The van der Waals surface area contributed by atoms with Gasteiger partial charge >= 0.3 is 12.1 Å². The molecule has 0 heterocycles. The molecule has 0 aromatic heterocycles.